The highest BCUT2D eigenvalue weighted by atomic mass is 35.5. The molecule has 0 aliphatic carbocycles. The first-order valence-electron chi connectivity index (χ1n) is 8.59. The molecule has 142 valence electrons. The fraction of sp³-hybridized carbons (Fsp3) is 0.0870. The Balaban J connectivity index is 1.90. The van der Waals surface area contributed by atoms with Gasteiger partial charge in [-0.2, -0.15) is 0 Å². The summed E-state index contributed by atoms with van der Waals surface area (Å²) >= 11 is 6.01. The molecule has 0 aliphatic heterocycles. The highest BCUT2D eigenvalue weighted by molar-refractivity contribution is 6.31. The van der Waals surface area contributed by atoms with E-state index >= 15 is 0 Å². The zero-order chi connectivity index (χ0) is 19.9. The minimum absolute atomic E-state index is 0.145. The fourth-order valence-electron chi connectivity index (χ4n) is 2.66. The van der Waals surface area contributed by atoms with Crippen LogP contribution in [0.15, 0.2) is 72.8 Å². The van der Waals surface area contributed by atoms with Gasteiger partial charge < -0.3 is 9.47 Å². The fourth-order valence-corrected chi connectivity index (χ4v) is 2.88. The van der Waals surface area contributed by atoms with Crippen LogP contribution in [0.5, 0.6) is 5.75 Å². The van der Waals surface area contributed by atoms with Gasteiger partial charge in [-0.15, -0.1) is 0 Å². The molecule has 0 saturated heterocycles. The van der Waals surface area contributed by atoms with Crippen LogP contribution in [-0.2, 0) is 16.1 Å². The summed E-state index contributed by atoms with van der Waals surface area (Å²) in [4.78, 5) is 12.8. The van der Waals surface area contributed by atoms with Gasteiger partial charge in [-0.3, -0.25) is 0 Å². The van der Waals surface area contributed by atoms with E-state index in [-0.39, 0.29) is 17.2 Å². The Morgan fingerprint density at radius 2 is 1.79 bits per heavy atom. The van der Waals surface area contributed by atoms with Crippen LogP contribution in [0.25, 0.3) is 11.6 Å². The topological polar surface area (TPSA) is 35.5 Å². The monoisotopic (exact) mass is 396 g/mol. The maximum Gasteiger partial charge on any atom is 0.339 e. The highest BCUT2D eigenvalue weighted by Crippen LogP contribution is 2.24. The van der Waals surface area contributed by atoms with Crippen molar-refractivity contribution >= 4 is 29.2 Å². The molecule has 0 atom stereocenters. The van der Waals surface area contributed by atoms with Crippen molar-refractivity contribution in [2.75, 3.05) is 7.11 Å². The first kappa shape index (κ1) is 19.6. The van der Waals surface area contributed by atoms with Gasteiger partial charge in [-0.05, 0) is 41.5 Å². The quantitative estimate of drug-likeness (QED) is 0.301. The lowest BCUT2D eigenvalue weighted by Gasteiger charge is -2.11. The molecule has 0 heterocycles. The van der Waals surface area contributed by atoms with Crippen LogP contribution in [0.3, 0.4) is 0 Å². The average Bonchev–Trinajstić information content (AvgIpc) is 2.72. The van der Waals surface area contributed by atoms with E-state index in [0.717, 1.165) is 5.56 Å². The molecule has 0 bridgehead atoms. The normalized spacial score (nSPS) is 11.2. The average molecular weight is 397 g/mol. The van der Waals surface area contributed by atoms with Crippen molar-refractivity contribution in [1.29, 1.82) is 0 Å². The molecule has 0 unspecified atom stereocenters. The van der Waals surface area contributed by atoms with Crippen molar-refractivity contribution in [3.05, 3.63) is 100 Å². The molecule has 3 rings (SSSR count). The van der Waals surface area contributed by atoms with Crippen molar-refractivity contribution < 1.29 is 18.7 Å². The first-order chi connectivity index (χ1) is 13.6. The number of rotatable bonds is 6. The second-order valence-corrected chi connectivity index (χ2v) is 6.38. The number of hydrogen-bond acceptors (Lipinski definition) is 3. The Labute approximate surface area is 168 Å². The van der Waals surface area contributed by atoms with Crippen LogP contribution in [0.2, 0.25) is 5.02 Å². The summed E-state index contributed by atoms with van der Waals surface area (Å²) in [5.74, 6) is -0.417. The van der Waals surface area contributed by atoms with E-state index < -0.39 is 11.8 Å². The summed E-state index contributed by atoms with van der Waals surface area (Å²) in [6, 6.07) is 20.8. The smallest absolute Gasteiger partial charge is 0.339 e. The highest BCUT2D eigenvalue weighted by Gasteiger charge is 2.16. The number of methoxy groups -OCH3 is 1. The predicted molar refractivity (Wildman–Crippen MR) is 109 cm³/mol. The van der Waals surface area contributed by atoms with Gasteiger partial charge in [0.05, 0.1) is 17.7 Å². The zero-order valence-electron chi connectivity index (χ0n) is 15.2. The first-order valence-corrected chi connectivity index (χ1v) is 8.97. The molecule has 3 aromatic rings. The summed E-state index contributed by atoms with van der Waals surface area (Å²) < 4.78 is 24.6. The number of ether oxygens (including phenoxy) is 2. The van der Waals surface area contributed by atoms with Gasteiger partial charge >= 0.3 is 5.97 Å². The Hall–Kier alpha value is -3.11. The third-order valence-corrected chi connectivity index (χ3v) is 4.47. The third kappa shape index (κ3) is 4.78. The van der Waals surface area contributed by atoms with Gasteiger partial charge in [0, 0.05) is 5.56 Å². The molecule has 0 saturated carbocycles. The third-order valence-electron chi connectivity index (χ3n) is 4.12. The second kappa shape index (κ2) is 9.20. The van der Waals surface area contributed by atoms with Crippen LogP contribution in [-0.4, -0.2) is 13.1 Å². The Morgan fingerprint density at radius 1 is 1.04 bits per heavy atom. The lowest BCUT2D eigenvalue weighted by Crippen LogP contribution is -2.08. The van der Waals surface area contributed by atoms with Gasteiger partial charge in [0.15, 0.2) is 0 Å². The van der Waals surface area contributed by atoms with Crippen LogP contribution in [0, 0.1) is 5.82 Å². The SMILES string of the molecule is COc1cccc(/C=C(\C(=O)OCc2c(F)cccc2Cl)c2ccccc2)c1. The molecule has 0 N–H and O–H groups in total. The minimum Gasteiger partial charge on any atom is -0.497 e. The van der Waals surface area contributed by atoms with Crippen molar-refractivity contribution in [2.24, 2.45) is 0 Å². The number of esters is 1. The maximum atomic E-state index is 14.0. The van der Waals surface area contributed by atoms with Crippen molar-refractivity contribution in [3.63, 3.8) is 0 Å². The molecule has 0 aromatic heterocycles. The molecular weight excluding hydrogens is 379 g/mol. The summed E-state index contributed by atoms with van der Waals surface area (Å²) in [6.45, 7) is -0.257. The van der Waals surface area contributed by atoms with Gasteiger partial charge in [0.2, 0.25) is 0 Å². The molecule has 5 heteroatoms. The van der Waals surface area contributed by atoms with E-state index in [1.165, 1.54) is 12.1 Å². The van der Waals surface area contributed by atoms with Crippen LogP contribution in [0.1, 0.15) is 16.7 Å². The standard InChI is InChI=1S/C23H18ClFO3/c1-27-18-10-5-7-16(13-18)14-19(17-8-3-2-4-9-17)23(26)28-15-20-21(24)11-6-12-22(20)25/h2-14H,15H2,1H3/b19-14-. The van der Waals surface area contributed by atoms with E-state index in [9.17, 15) is 9.18 Å². The molecule has 28 heavy (non-hydrogen) atoms. The van der Waals surface area contributed by atoms with E-state index in [4.69, 9.17) is 21.1 Å². The Morgan fingerprint density at radius 3 is 2.50 bits per heavy atom. The molecule has 0 amide bonds. The Bertz CT molecular complexity index is 979. The van der Waals surface area contributed by atoms with Crippen molar-refractivity contribution in [2.45, 2.75) is 6.61 Å². The van der Waals surface area contributed by atoms with Crippen LogP contribution < -0.4 is 4.74 Å². The Kier molecular flexibility index (Phi) is 6.45. The molecule has 0 radical (unpaired) electrons. The minimum atomic E-state index is -0.576. The second-order valence-electron chi connectivity index (χ2n) is 5.98. The summed E-state index contributed by atoms with van der Waals surface area (Å²) in [5.41, 5.74) is 1.96. The maximum absolute atomic E-state index is 14.0. The lowest BCUT2D eigenvalue weighted by molar-refractivity contribution is -0.137. The lowest BCUT2D eigenvalue weighted by atomic mass is 10.0. The van der Waals surface area contributed by atoms with E-state index in [0.29, 0.717) is 16.9 Å². The van der Waals surface area contributed by atoms with Crippen molar-refractivity contribution in [1.82, 2.24) is 0 Å². The molecule has 0 aliphatic rings. The molecule has 0 fully saturated rings. The molecule has 3 aromatic carbocycles. The van der Waals surface area contributed by atoms with Gasteiger partial charge in [-0.25, -0.2) is 9.18 Å². The summed E-state index contributed by atoms with van der Waals surface area (Å²) in [5, 5.41) is 0.214. The van der Waals surface area contributed by atoms with Gasteiger partial charge in [0.1, 0.15) is 18.2 Å². The summed E-state index contributed by atoms with van der Waals surface area (Å²) in [7, 11) is 1.58. The number of benzene rings is 3. The summed E-state index contributed by atoms with van der Waals surface area (Å²) in [6.07, 6.45) is 1.71. The number of carbonyl (C=O) groups excluding carboxylic acids is 1. The van der Waals surface area contributed by atoms with Crippen molar-refractivity contribution in [3.8, 4) is 5.75 Å². The van der Waals surface area contributed by atoms with E-state index in [1.807, 2.05) is 54.6 Å². The molecule has 0 spiro atoms. The zero-order valence-corrected chi connectivity index (χ0v) is 15.9. The number of hydrogen-bond donors (Lipinski definition) is 0. The number of carbonyl (C=O) groups is 1. The molecular formula is C23H18ClFO3. The molecule has 3 nitrogen and oxygen atoms in total. The van der Waals surface area contributed by atoms with E-state index in [2.05, 4.69) is 0 Å². The van der Waals surface area contributed by atoms with Gasteiger partial charge in [-0.1, -0.05) is 60.1 Å². The number of halogens is 2. The van der Waals surface area contributed by atoms with E-state index in [1.54, 1.807) is 19.3 Å². The van der Waals surface area contributed by atoms with Crippen LogP contribution in [0.4, 0.5) is 4.39 Å². The predicted octanol–water partition coefficient (Wildman–Crippen LogP) is 5.77. The van der Waals surface area contributed by atoms with Crippen LogP contribution >= 0.6 is 11.6 Å². The largest absolute Gasteiger partial charge is 0.497 e. The van der Waals surface area contributed by atoms with Gasteiger partial charge in [0.25, 0.3) is 0 Å².